The van der Waals surface area contributed by atoms with Crippen molar-refractivity contribution in [2.45, 2.75) is 97.9 Å². The quantitative estimate of drug-likeness (QED) is 0.593. The topological polar surface area (TPSA) is 29.5 Å². The van der Waals surface area contributed by atoms with Crippen LogP contribution in [0.25, 0.3) is 0 Å². The Kier molecular flexibility index (Phi) is 6.74. The normalized spacial score (nSPS) is 13.4. The summed E-state index contributed by atoms with van der Waals surface area (Å²) in [4.78, 5) is 0. The number of phenols is 1. The average Bonchev–Trinajstić information content (AvgIpc) is 2.48. The fraction of sp³-hybridized carbons (Fsp3) is 0.714. The van der Waals surface area contributed by atoms with Gasteiger partial charge in [0, 0.05) is 0 Å². The van der Waals surface area contributed by atoms with Gasteiger partial charge in [-0.15, -0.1) is 0 Å². The zero-order valence-electron chi connectivity index (χ0n) is 17.3. The summed E-state index contributed by atoms with van der Waals surface area (Å²) in [5.41, 5.74) is 3.05. The van der Waals surface area contributed by atoms with E-state index in [2.05, 4.69) is 74.4 Å². The van der Waals surface area contributed by atoms with Crippen molar-refractivity contribution in [3.63, 3.8) is 0 Å². The van der Waals surface area contributed by atoms with E-state index < -0.39 is 8.32 Å². The van der Waals surface area contributed by atoms with Crippen molar-refractivity contribution in [3.05, 3.63) is 28.8 Å². The van der Waals surface area contributed by atoms with E-state index >= 15 is 0 Å². The summed E-state index contributed by atoms with van der Waals surface area (Å²) >= 11 is 0. The third kappa shape index (κ3) is 4.86. The zero-order valence-corrected chi connectivity index (χ0v) is 18.3. The number of aromatic hydroxyl groups is 1. The molecule has 138 valence electrons. The summed E-state index contributed by atoms with van der Waals surface area (Å²) in [5, 5.41) is 10.8. The Hall–Kier alpha value is -0.803. The molecule has 0 aliphatic rings. The number of phenolic OH excluding ortho intramolecular Hbond substituents is 1. The predicted molar refractivity (Wildman–Crippen MR) is 107 cm³/mol. The molecule has 0 aromatic heterocycles. The van der Waals surface area contributed by atoms with E-state index in [1.54, 1.807) is 0 Å². The minimum Gasteiger partial charge on any atom is -0.507 e. The zero-order chi connectivity index (χ0) is 18.8. The maximum absolute atomic E-state index is 10.8. The molecule has 3 heteroatoms. The molecule has 2 nitrogen and oxygen atoms in total. The van der Waals surface area contributed by atoms with Gasteiger partial charge in [-0.3, -0.25) is 0 Å². The molecule has 1 N–H and O–H groups in total. The summed E-state index contributed by atoms with van der Waals surface area (Å²) in [5.74, 6) is 0.448. The van der Waals surface area contributed by atoms with Crippen LogP contribution in [0, 0.1) is 0 Å². The lowest BCUT2D eigenvalue weighted by atomic mass is 9.78. The standard InChI is InChI=1S/C21H38O2Si/c1-10-24(11-2,12-3)23-15-16-13-17(20(4,5)6)19(22)18(14-16)21(7,8)9/h13-14,22H,10-12,15H2,1-9H3. The number of rotatable bonds is 6. The van der Waals surface area contributed by atoms with Gasteiger partial charge in [0.1, 0.15) is 5.75 Å². The van der Waals surface area contributed by atoms with Gasteiger partial charge in [0.25, 0.3) is 0 Å². The van der Waals surface area contributed by atoms with Gasteiger partial charge in [0.05, 0.1) is 6.61 Å². The molecule has 0 unspecified atom stereocenters. The van der Waals surface area contributed by atoms with Crippen molar-refractivity contribution in [2.24, 2.45) is 0 Å². The second-order valence-corrected chi connectivity index (χ2v) is 13.8. The molecule has 1 rings (SSSR count). The van der Waals surface area contributed by atoms with Crippen LogP contribution in [0.5, 0.6) is 5.75 Å². The van der Waals surface area contributed by atoms with Crippen molar-refractivity contribution in [3.8, 4) is 5.75 Å². The number of hydrogen-bond acceptors (Lipinski definition) is 2. The molecule has 0 bridgehead atoms. The van der Waals surface area contributed by atoms with Crippen LogP contribution in [-0.4, -0.2) is 13.4 Å². The summed E-state index contributed by atoms with van der Waals surface area (Å²) in [7, 11) is -1.60. The highest BCUT2D eigenvalue weighted by atomic mass is 28.4. The molecule has 0 fully saturated rings. The van der Waals surface area contributed by atoms with Crippen molar-refractivity contribution < 1.29 is 9.53 Å². The monoisotopic (exact) mass is 350 g/mol. The van der Waals surface area contributed by atoms with Gasteiger partial charge in [-0.1, -0.05) is 62.3 Å². The lowest BCUT2D eigenvalue weighted by molar-refractivity contribution is 0.286. The second kappa shape index (κ2) is 7.61. The largest absolute Gasteiger partial charge is 0.507 e. The van der Waals surface area contributed by atoms with Crippen LogP contribution in [0.15, 0.2) is 12.1 Å². The molecule has 0 spiro atoms. The molecule has 1 aromatic carbocycles. The van der Waals surface area contributed by atoms with Gasteiger partial charge in [0.15, 0.2) is 8.32 Å². The average molecular weight is 351 g/mol. The summed E-state index contributed by atoms with van der Waals surface area (Å²) < 4.78 is 6.50. The second-order valence-electron chi connectivity index (χ2n) is 9.07. The first kappa shape index (κ1) is 21.2. The highest BCUT2D eigenvalue weighted by molar-refractivity contribution is 6.73. The van der Waals surface area contributed by atoms with Gasteiger partial charge >= 0.3 is 0 Å². The van der Waals surface area contributed by atoms with Gasteiger partial charge in [-0.2, -0.15) is 0 Å². The van der Waals surface area contributed by atoms with Gasteiger partial charge in [0.2, 0.25) is 0 Å². The van der Waals surface area contributed by atoms with Crippen LogP contribution in [0.2, 0.25) is 18.1 Å². The van der Waals surface area contributed by atoms with Crippen molar-refractivity contribution in [1.82, 2.24) is 0 Å². The van der Waals surface area contributed by atoms with Crippen LogP contribution >= 0.6 is 0 Å². The highest BCUT2D eigenvalue weighted by Gasteiger charge is 2.30. The van der Waals surface area contributed by atoms with Crippen molar-refractivity contribution >= 4 is 8.32 Å². The Morgan fingerprint density at radius 1 is 0.833 bits per heavy atom. The minimum absolute atomic E-state index is 0.0884. The van der Waals surface area contributed by atoms with Gasteiger partial charge in [-0.05, 0) is 57.8 Å². The van der Waals surface area contributed by atoms with E-state index in [0.717, 1.165) is 29.3 Å². The van der Waals surface area contributed by atoms with Gasteiger partial charge in [-0.25, -0.2) is 0 Å². The summed E-state index contributed by atoms with van der Waals surface area (Å²) in [6.07, 6.45) is 0. The van der Waals surface area contributed by atoms with Crippen molar-refractivity contribution in [1.29, 1.82) is 0 Å². The molecule has 0 saturated heterocycles. The van der Waals surface area contributed by atoms with Crippen LogP contribution < -0.4 is 0 Å². The van der Waals surface area contributed by atoms with Crippen LogP contribution in [-0.2, 0) is 21.9 Å². The Morgan fingerprint density at radius 3 is 1.50 bits per heavy atom. The Balaban J connectivity index is 3.30. The third-order valence-electron chi connectivity index (χ3n) is 5.26. The maximum atomic E-state index is 10.8. The lowest BCUT2D eigenvalue weighted by Crippen LogP contribution is -2.35. The van der Waals surface area contributed by atoms with E-state index in [4.69, 9.17) is 4.43 Å². The summed E-state index contributed by atoms with van der Waals surface area (Å²) in [6.45, 7) is 20.4. The van der Waals surface area contributed by atoms with Crippen molar-refractivity contribution in [2.75, 3.05) is 0 Å². The molecule has 0 heterocycles. The summed E-state index contributed by atoms with van der Waals surface area (Å²) in [6, 6.07) is 7.78. The van der Waals surface area contributed by atoms with E-state index in [-0.39, 0.29) is 10.8 Å². The van der Waals surface area contributed by atoms with E-state index in [1.165, 1.54) is 5.56 Å². The molecule has 0 saturated carbocycles. The maximum Gasteiger partial charge on any atom is 0.192 e. The Morgan fingerprint density at radius 2 is 1.21 bits per heavy atom. The molecular formula is C21H38O2Si. The van der Waals surface area contributed by atoms with Crippen LogP contribution in [0.4, 0.5) is 0 Å². The van der Waals surface area contributed by atoms with E-state index in [1.807, 2.05) is 0 Å². The predicted octanol–water partition coefficient (Wildman–Crippen LogP) is 6.51. The molecule has 0 amide bonds. The SMILES string of the molecule is CC[Si](CC)(CC)OCc1cc(C(C)(C)C)c(O)c(C(C)(C)C)c1. The van der Waals surface area contributed by atoms with Crippen LogP contribution in [0.3, 0.4) is 0 Å². The lowest BCUT2D eigenvalue weighted by Gasteiger charge is -2.30. The highest BCUT2D eigenvalue weighted by Crippen LogP contribution is 2.40. The first-order valence-electron chi connectivity index (χ1n) is 9.41. The molecule has 0 atom stereocenters. The van der Waals surface area contributed by atoms with Gasteiger partial charge < -0.3 is 9.53 Å². The van der Waals surface area contributed by atoms with Crippen LogP contribution in [0.1, 0.15) is 79.0 Å². The molecule has 1 aromatic rings. The number of hydrogen-bond donors (Lipinski definition) is 1. The third-order valence-corrected chi connectivity index (χ3v) is 9.89. The van der Waals surface area contributed by atoms with E-state index in [9.17, 15) is 5.11 Å². The molecule has 0 aliphatic heterocycles. The molecule has 24 heavy (non-hydrogen) atoms. The van der Waals surface area contributed by atoms with E-state index in [0.29, 0.717) is 12.4 Å². The number of benzene rings is 1. The first-order valence-corrected chi connectivity index (χ1v) is 11.9. The smallest absolute Gasteiger partial charge is 0.192 e. The Labute approximate surface area is 150 Å². The molecule has 0 aliphatic carbocycles. The fourth-order valence-corrected chi connectivity index (χ4v) is 5.80. The first-order chi connectivity index (χ1) is 10.9. The molecular weight excluding hydrogens is 312 g/mol. The fourth-order valence-electron chi connectivity index (χ4n) is 3.21. The molecule has 0 radical (unpaired) electrons. The Bertz CT molecular complexity index is 503. The minimum atomic E-state index is -1.60.